The highest BCUT2D eigenvalue weighted by Gasteiger charge is 2.11. The highest BCUT2D eigenvalue weighted by Crippen LogP contribution is 2.22. The number of hydrogen-bond donors (Lipinski definition) is 1. The summed E-state index contributed by atoms with van der Waals surface area (Å²) < 4.78 is 5.56. The third-order valence-corrected chi connectivity index (χ3v) is 4.98. The van der Waals surface area contributed by atoms with Gasteiger partial charge in [0.15, 0.2) is 0 Å². The fourth-order valence-corrected chi connectivity index (χ4v) is 3.03. The molecule has 0 spiro atoms. The summed E-state index contributed by atoms with van der Waals surface area (Å²) in [7, 11) is 0. The van der Waals surface area contributed by atoms with Crippen molar-refractivity contribution < 1.29 is 9.21 Å². The molecule has 0 saturated heterocycles. The van der Waals surface area contributed by atoms with E-state index in [9.17, 15) is 4.79 Å². The molecule has 0 atom stereocenters. The van der Waals surface area contributed by atoms with Crippen molar-refractivity contribution in [2.24, 2.45) is 0 Å². The fourth-order valence-electron chi connectivity index (χ4n) is 2.14. The molecule has 3 rings (SSSR count). The average Bonchev–Trinajstić information content (AvgIpc) is 3.06. The van der Waals surface area contributed by atoms with Gasteiger partial charge in [0.25, 0.3) is 5.22 Å². The quantitative estimate of drug-likeness (QED) is 0.581. The summed E-state index contributed by atoms with van der Waals surface area (Å²) in [5.41, 5.74) is 2.63. The maximum absolute atomic E-state index is 12.0. The molecule has 8 heteroatoms. The average molecular weight is 408 g/mol. The van der Waals surface area contributed by atoms with Crippen LogP contribution in [0.3, 0.4) is 0 Å². The molecule has 0 saturated carbocycles. The summed E-state index contributed by atoms with van der Waals surface area (Å²) in [6, 6.07) is 12.8. The minimum absolute atomic E-state index is 0.161. The number of carbonyl (C=O) groups excluding carboxylic acids is 1. The number of halogens is 2. The molecule has 0 fully saturated rings. The molecule has 0 aliphatic heterocycles. The van der Waals surface area contributed by atoms with Gasteiger partial charge in [-0.05, 0) is 42.3 Å². The van der Waals surface area contributed by atoms with Gasteiger partial charge in [0.05, 0.1) is 12.2 Å². The summed E-state index contributed by atoms with van der Waals surface area (Å²) in [6.45, 7) is 1.90. The van der Waals surface area contributed by atoms with Crippen molar-refractivity contribution in [3.63, 3.8) is 0 Å². The Morgan fingerprint density at radius 3 is 2.65 bits per heavy atom. The van der Waals surface area contributed by atoms with E-state index in [2.05, 4.69) is 15.5 Å². The first-order valence-corrected chi connectivity index (χ1v) is 9.49. The number of amides is 1. The van der Waals surface area contributed by atoms with Gasteiger partial charge in [-0.15, -0.1) is 10.2 Å². The summed E-state index contributed by atoms with van der Waals surface area (Å²) in [6.07, 6.45) is 0.513. The van der Waals surface area contributed by atoms with Crippen molar-refractivity contribution in [1.29, 1.82) is 0 Å². The first kappa shape index (κ1) is 18.8. The van der Waals surface area contributed by atoms with Crippen LogP contribution in [0, 0.1) is 6.92 Å². The van der Waals surface area contributed by atoms with Crippen LogP contribution in [0.15, 0.2) is 52.1 Å². The van der Waals surface area contributed by atoms with E-state index in [0.717, 1.165) is 11.1 Å². The van der Waals surface area contributed by atoms with Crippen molar-refractivity contribution >= 4 is 46.6 Å². The Labute approximate surface area is 165 Å². The van der Waals surface area contributed by atoms with E-state index in [1.165, 1.54) is 11.8 Å². The lowest BCUT2D eigenvalue weighted by Crippen LogP contribution is -2.14. The Morgan fingerprint density at radius 1 is 1.15 bits per heavy atom. The van der Waals surface area contributed by atoms with Gasteiger partial charge in [-0.25, -0.2) is 0 Å². The van der Waals surface area contributed by atoms with Gasteiger partial charge in [-0.3, -0.25) is 4.79 Å². The zero-order chi connectivity index (χ0) is 18.5. The SMILES string of the molecule is Cc1ccc(NC(=O)CSc2nnc(Cc3ccc(Cl)cc3)o2)cc1Cl. The standard InChI is InChI=1S/C18H15Cl2N3O2S/c1-11-2-7-14(9-15(11)20)21-16(24)10-26-18-23-22-17(25-18)8-12-3-5-13(19)6-4-12/h2-7,9H,8,10H2,1H3,(H,21,24). The van der Waals surface area contributed by atoms with E-state index in [4.69, 9.17) is 27.6 Å². The van der Waals surface area contributed by atoms with Gasteiger partial charge in [0.2, 0.25) is 11.8 Å². The van der Waals surface area contributed by atoms with E-state index >= 15 is 0 Å². The van der Waals surface area contributed by atoms with E-state index < -0.39 is 0 Å². The van der Waals surface area contributed by atoms with Crippen molar-refractivity contribution in [1.82, 2.24) is 10.2 Å². The molecular formula is C18H15Cl2N3O2S. The molecule has 1 N–H and O–H groups in total. The smallest absolute Gasteiger partial charge is 0.277 e. The Hall–Kier alpha value is -2.02. The van der Waals surface area contributed by atoms with Gasteiger partial charge in [-0.2, -0.15) is 0 Å². The molecule has 0 radical (unpaired) electrons. The summed E-state index contributed by atoms with van der Waals surface area (Å²) in [5.74, 6) is 0.474. The first-order valence-electron chi connectivity index (χ1n) is 7.75. The van der Waals surface area contributed by atoms with E-state index in [1.54, 1.807) is 12.1 Å². The lowest BCUT2D eigenvalue weighted by molar-refractivity contribution is -0.113. The molecule has 5 nitrogen and oxygen atoms in total. The second-order valence-corrected chi connectivity index (χ2v) is 7.34. The highest BCUT2D eigenvalue weighted by molar-refractivity contribution is 7.99. The second kappa shape index (κ2) is 8.58. The maximum atomic E-state index is 12.0. The minimum atomic E-state index is -0.174. The molecule has 0 unspecified atom stereocenters. The molecule has 3 aromatic rings. The van der Waals surface area contributed by atoms with Crippen LogP contribution in [0.25, 0.3) is 0 Å². The van der Waals surface area contributed by atoms with Crippen molar-refractivity contribution in [3.8, 4) is 0 Å². The number of rotatable bonds is 6. The second-order valence-electron chi connectivity index (χ2n) is 5.57. The zero-order valence-corrected chi connectivity index (χ0v) is 16.2. The van der Waals surface area contributed by atoms with Gasteiger partial charge < -0.3 is 9.73 Å². The lowest BCUT2D eigenvalue weighted by atomic mass is 10.1. The van der Waals surface area contributed by atoms with Gasteiger partial charge in [0.1, 0.15) is 0 Å². The number of nitrogens with one attached hydrogen (secondary N) is 1. The number of aromatic nitrogens is 2. The molecule has 1 amide bonds. The lowest BCUT2D eigenvalue weighted by Gasteiger charge is -2.05. The van der Waals surface area contributed by atoms with Crippen LogP contribution in [-0.2, 0) is 11.2 Å². The maximum Gasteiger partial charge on any atom is 0.277 e. The third kappa shape index (κ3) is 5.24. The minimum Gasteiger partial charge on any atom is -0.416 e. The molecule has 26 heavy (non-hydrogen) atoms. The van der Waals surface area contributed by atoms with Gasteiger partial charge in [-0.1, -0.05) is 53.2 Å². The van der Waals surface area contributed by atoms with E-state index in [1.807, 2.05) is 37.3 Å². The molecular weight excluding hydrogens is 393 g/mol. The largest absolute Gasteiger partial charge is 0.416 e. The highest BCUT2D eigenvalue weighted by atomic mass is 35.5. The van der Waals surface area contributed by atoms with Gasteiger partial charge in [0, 0.05) is 15.7 Å². The number of hydrogen-bond acceptors (Lipinski definition) is 5. The Bertz CT molecular complexity index is 913. The van der Waals surface area contributed by atoms with Gasteiger partial charge >= 0.3 is 0 Å². The topological polar surface area (TPSA) is 68.0 Å². The number of anilines is 1. The predicted octanol–water partition coefficient (Wildman–Crippen LogP) is 5.01. The number of benzene rings is 2. The van der Waals surface area contributed by atoms with Crippen LogP contribution in [-0.4, -0.2) is 21.9 Å². The zero-order valence-electron chi connectivity index (χ0n) is 13.8. The number of nitrogens with zero attached hydrogens (tertiary/aromatic N) is 2. The Kier molecular flexibility index (Phi) is 6.19. The van der Waals surface area contributed by atoms with Crippen molar-refractivity contribution in [2.75, 3.05) is 11.1 Å². The molecule has 2 aromatic carbocycles. The fraction of sp³-hybridized carbons (Fsp3) is 0.167. The van der Waals surface area contributed by atoms with Crippen LogP contribution in [0.1, 0.15) is 17.0 Å². The Balaban J connectivity index is 1.51. The summed E-state index contributed by atoms with van der Waals surface area (Å²) in [5, 5.41) is 12.4. The first-order chi connectivity index (χ1) is 12.5. The molecule has 1 aromatic heterocycles. The predicted molar refractivity (Wildman–Crippen MR) is 104 cm³/mol. The molecule has 0 bridgehead atoms. The van der Waals surface area contributed by atoms with Crippen LogP contribution < -0.4 is 5.32 Å². The van der Waals surface area contributed by atoms with E-state index in [-0.39, 0.29) is 11.7 Å². The molecule has 1 heterocycles. The molecule has 134 valence electrons. The van der Waals surface area contributed by atoms with Crippen LogP contribution in [0.5, 0.6) is 0 Å². The van der Waals surface area contributed by atoms with E-state index in [0.29, 0.717) is 33.3 Å². The normalized spacial score (nSPS) is 10.7. The Morgan fingerprint density at radius 2 is 1.92 bits per heavy atom. The molecule has 0 aliphatic rings. The number of thioether (sulfide) groups is 1. The number of carbonyl (C=O) groups is 1. The summed E-state index contributed by atoms with van der Waals surface area (Å²) >= 11 is 13.1. The van der Waals surface area contributed by atoms with Crippen LogP contribution >= 0.6 is 35.0 Å². The molecule has 0 aliphatic carbocycles. The summed E-state index contributed by atoms with van der Waals surface area (Å²) in [4.78, 5) is 12.0. The van der Waals surface area contributed by atoms with Crippen LogP contribution in [0.4, 0.5) is 5.69 Å². The van der Waals surface area contributed by atoms with Crippen molar-refractivity contribution in [2.45, 2.75) is 18.6 Å². The van der Waals surface area contributed by atoms with Crippen LogP contribution in [0.2, 0.25) is 10.0 Å². The monoisotopic (exact) mass is 407 g/mol. The third-order valence-electron chi connectivity index (χ3n) is 3.50. The number of aryl methyl sites for hydroxylation is 1. The van der Waals surface area contributed by atoms with Crippen molar-refractivity contribution in [3.05, 3.63) is 69.5 Å².